The number of aldehydes is 1. The number of rotatable bonds is 5. The van der Waals surface area contributed by atoms with E-state index in [0.717, 1.165) is 58.9 Å². The van der Waals surface area contributed by atoms with E-state index in [0.29, 0.717) is 11.0 Å². The molecule has 0 spiro atoms. The average molecular weight is 535 g/mol. The molecular weight excluding hydrogens is 496 g/mol. The molecule has 0 saturated heterocycles. The predicted octanol–water partition coefficient (Wildman–Crippen LogP) is 5.09. The number of pyridine rings is 1. The van der Waals surface area contributed by atoms with Crippen molar-refractivity contribution in [2.45, 2.75) is 40.0 Å². The lowest BCUT2D eigenvalue weighted by Crippen LogP contribution is -2.27. The highest BCUT2D eigenvalue weighted by Crippen LogP contribution is 2.38. The number of carbonyl (C=O) groups is 2. The maximum absolute atomic E-state index is 11.5. The molecule has 4 aromatic rings. The van der Waals surface area contributed by atoms with Gasteiger partial charge in [-0.25, -0.2) is 4.98 Å². The molecular formula is C29H38N6O2S. The summed E-state index contributed by atoms with van der Waals surface area (Å²) < 4.78 is 0. The molecule has 8 nitrogen and oxygen atoms in total. The van der Waals surface area contributed by atoms with Crippen molar-refractivity contribution in [3.05, 3.63) is 76.6 Å². The summed E-state index contributed by atoms with van der Waals surface area (Å²) in [6, 6.07) is 13.5. The molecule has 3 heterocycles. The van der Waals surface area contributed by atoms with E-state index in [1.54, 1.807) is 6.20 Å². The van der Waals surface area contributed by atoms with Crippen molar-refractivity contribution in [1.29, 1.82) is 0 Å². The number of hydrogen-bond donors (Lipinski definition) is 4. The van der Waals surface area contributed by atoms with Crippen LogP contribution in [0.25, 0.3) is 10.2 Å². The minimum absolute atomic E-state index is 0.162. The number of fused-ring (bicyclic) bond motifs is 2. The Kier molecular flexibility index (Phi) is 10.7. The molecule has 1 aliphatic carbocycles. The van der Waals surface area contributed by atoms with Crippen LogP contribution < -0.4 is 16.4 Å². The zero-order valence-electron chi connectivity index (χ0n) is 22.6. The molecule has 1 unspecified atom stereocenters. The van der Waals surface area contributed by atoms with Crippen LogP contribution in [0.15, 0.2) is 54.9 Å². The van der Waals surface area contributed by atoms with E-state index in [2.05, 4.69) is 47.7 Å². The Hall–Kier alpha value is -3.40. The highest BCUT2D eigenvalue weighted by molar-refractivity contribution is 7.20. The lowest BCUT2D eigenvalue weighted by Gasteiger charge is -2.34. The maximum Gasteiger partial charge on any atom is 0.258 e. The highest BCUT2D eigenvalue weighted by atomic mass is 32.1. The average Bonchev–Trinajstić information content (AvgIpc) is 3.58. The first-order valence-electron chi connectivity index (χ1n) is 12.8. The highest BCUT2D eigenvalue weighted by Gasteiger charge is 2.29. The molecule has 0 radical (unpaired) electrons. The molecule has 1 amide bonds. The molecule has 1 aromatic carbocycles. The van der Waals surface area contributed by atoms with Gasteiger partial charge >= 0.3 is 0 Å². The fraction of sp³-hybridized carbons (Fsp3) is 0.379. The maximum atomic E-state index is 11.5. The van der Waals surface area contributed by atoms with Crippen LogP contribution in [0.3, 0.4) is 0 Å². The summed E-state index contributed by atoms with van der Waals surface area (Å²) in [5.41, 5.74) is 9.36. The Morgan fingerprint density at radius 3 is 2.58 bits per heavy atom. The van der Waals surface area contributed by atoms with E-state index in [1.165, 1.54) is 35.2 Å². The van der Waals surface area contributed by atoms with Crippen molar-refractivity contribution in [2.24, 2.45) is 17.1 Å². The molecule has 5 rings (SSSR count). The SMILES string of the molecule is CC(C)(C)C1CCc2nc3sc(C=O)cc3cc2C1.CNCCN.O=C(Nc1ccccc1)c1cn[nH]c1. The molecule has 38 heavy (non-hydrogen) atoms. The first kappa shape index (κ1) is 29.2. The smallest absolute Gasteiger partial charge is 0.258 e. The number of likely N-dealkylation sites (N-methyl/N-ethyl adjacent to an activating group) is 1. The number of carbonyl (C=O) groups excluding carboxylic acids is 2. The van der Waals surface area contributed by atoms with Gasteiger partial charge in [0.05, 0.1) is 16.6 Å². The zero-order valence-corrected chi connectivity index (χ0v) is 23.4. The topological polar surface area (TPSA) is 126 Å². The van der Waals surface area contributed by atoms with Crippen LogP contribution in [-0.2, 0) is 12.8 Å². The number of para-hydroxylation sites is 1. The van der Waals surface area contributed by atoms with Crippen LogP contribution in [0.1, 0.15) is 58.5 Å². The van der Waals surface area contributed by atoms with E-state index in [4.69, 9.17) is 10.7 Å². The van der Waals surface area contributed by atoms with Crippen LogP contribution in [0.4, 0.5) is 5.69 Å². The number of H-pyrrole nitrogens is 1. The molecule has 202 valence electrons. The van der Waals surface area contributed by atoms with E-state index in [1.807, 2.05) is 43.4 Å². The van der Waals surface area contributed by atoms with Crippen LogP contribution in [0.5, 0.6) is 0 Å². The van der Waals surface area contributed by atoms with Crippen molar-refractivity contribution in [3.8, 4) is 0 Å². The van der Waals surface area contributed by atoms with Gasteiger partial charge in [-0.2, -0.15) is 5.10 Å². The molecule has 0 saturated carbocycles. The number of aryl methyl sites for hydroxylation is 1. The minimum atomic E-state index is -0.162. The Labute approximate surface area is 228 Å². The van der Waals surface area contributed by atoms with E-state index >= 15 is 0 Å². The number of aromatic amines is 1. The summed E-state index contributed by atoms with van der Waals surface area (Å²) in [6.45, 7) is 8.62. The van der Waals surface area contributed by atoms with Gasteiger partial charge in [-0.05, 0) is 67.5 Å². The molecule has 0 bridgehead atoms. The van der Waals surface area contributed by atoms with Gasteiger partial charge < -0.3 is 16.4 Å². The summed E-state index contributed by atoms with van der Waals surface area (Å²) in [7, 11) is 1.88. The molecule has 9 heteroatoms. The van der Waals surface area contributed by atoms with Crippen LogP contribution in [-0.4, -0.2) is 47.5 Å². The van der Waals surface area contributed by atoms with Gasteiger partial charge in [-0.1, -0.05) is 39.0 Å². The fourth-order valence-electron chi connectivity index (χ4n) is 4.18. The Bertz CT molecular complexity index is 1290. The number of anilines is 1. The van der Waals surface area contributed by atoms with Gasteiger partial charge in [0.2, 0.25) is 0 Å². The lowest BCUT2D eigenvalue weighted by molar-refractivity contribution is 0.102. The third-order valence-electron chi connectivity index (χ3n) is 6.42. The first-order chi connectivity index (χ1) is 18.2. The Morgan fingerprint density at radius 1 is 1.24 bits per heavy atom. The molecule has 5 N–H and O–H groups in total. The van der Waals surface area contributed by atoms with Gasteiger partial charge in [0.15, 0.2) is 6.29 Å². The third kappa shape index (κ3) is 8.31. The second-order valence-corrected chi connectivity index (χ2v) is 11.3. The van der Waals surface area contributed by atoms with Gasteiger partial charge in [-0.15, -0.1) is 11.3 Å². The number of nitrogens with one attached hydrogen (secondary N) is 3. The Balaban J connectivity index is 0.000000185. The number of thiophene rings is 1. The van der Waals surface area contributed by atoms with E-state index in [9.17, 15) is 9.59 Å². The third-order valence-corrected chi connectivity index (χ3v) is 7.39. The zero-order chi connectivity index (χ0) is 27.5. The van der Waals surface area contributed by atoms with Gasteiger partial charge in [0, 0.05) is 36.1 Å². The summed E-state index contributed by atoms with van der Waals surface area (Å²) in [5.74, 6) is 0.563. The van der Waals surface area contributed by atoms with Gasteiger partial charge in [0.25, 0.3) is 5.91 Å². The minimum Gasteiger partial charge on any atom is -0.329 e. The summed E-state index contributed by atoms with van der Waals surface area (Å²) in [5, 5.41) is 13.0. The number of benzene rings is 1. The van der Waals surface area contributed by atoms with Gasteiger partial charge in [-0.3, -0.25) is 14.7 Å². The van der Waals surface area contributed by atoms with Crippen molar-refractivity contribution in [1.82, 2.24) is 20.5 Å². The van der Waals surface area contributed by atoms with Gasteiger partial charge in [0.1, 0.15) is 4.83 Å². The number of amides is 1. The summed E-state index contributed by atoms with van der Waals surface area (Å²) in [4.78, 5) is 28.9. The molecule has 0 fully saturated rings. The number of aromatic nitrogens is 3. The van der Waals surface area contributed by atoms with Crippen molar-refractivity contribution in [3.63, 3.8) is 0 Å². The van der Waals surface area contributed by atoms with Crippen molar-refractivity contribution < 1.29 is 9.59 Å². The molecule has 0 aliphatic heterocycles. The summed E-state index contributed by atoms with van der Waals surface area (Å²) >= 11 is 1.50. The number of nitrogens with zero attached hydrogens (tertiary/aromatic N) is 2. The molecule has 3 aromatic heterocycles. The second-order valence-electron chi connectivity index (χ2n) is 10.3. The van der Waals surface area contributed by atoms with Crippen molar-refractivity contribution >= 4 is 39.4 Å². The summed E-state index contributed by atoms with van der Waals surface area (Å²) in [6.07, 6.45) is 7.37. The predicted molar refractivity (Wildman–Crippen MR) is 156 cm³/mol. The normalized spacial score (nSPS) is 14.4. The van der Waals surface area contributed by atoms with Crippen LogP contribution in [0, 0.1) is 11.3 Å². The quantitative estimate of drug-likeness (QED) is 0.264. The second kappa shape index (κ2) is 13.9. The van der Waals surface area contributed by atoms with Crippen LogP contribution in [0.2, 0.25) is 0 Å². The van der Waals surface area contributed by atoms with Crippen molar-refractivity contribution in [2.75, 3.05) is 25.5 Å². The number of hydrogen-bond acceptors (Lipinski definition) is 7. The monoisotopic (exact) mass is 534 g/mol. The van der Waals surface area contributed by atoms with Crippen LogP contribution >= 0.6 is 11.3 Å². The fourth-order valence-corrected chi connectivity index (χ4v) is 5.03. The first-order valence-corrected chi connectivity index (χ1v) is 13.6. The standard InChI is InChI=1S/C16H19NOS.C10H9N3O.C3H10N2/c1-16(2,3)12-4-5-14-10(7-12)6-11-8-13(9-18)19-15(11)17-14;14-10(8-6-11-12-7-8)13-9-4-2-1-3-5-9;1-5-3-2-4/h6,8-9,12H,4-5,7H2,1-3H3;1-7H,(H,11,12)(H,13,14);5H,2-4H2,1H3. The Morgan fingerprint density at radius 2 is 2.00 bits per heavy atom. The molecule has 1 atom stereocenters. The largest absolute Gasteiger partial charge is 0.329 e. The number of nitrogens with two attached hydrogens (primary N) is 1. The lowest BCUT2D eigenvalue weighted by atomic mass is 9.71. The molecule has 1 aliphatic rings. The van der Waals surface area contributed by atoms with E-state index < -0.39 is 0 Å². The van der Waals surface area contributed by atoms with E-state index in [-0.39, 0.29) is 5.91 Å².